The van der Waals surface area contributed by atoms with Crippen molar-refractivity contribution in [2.75, 3.05) is 19.6 Å². The molecule has 2 unspecified atom stereocenters. The number of aryl methyl sites for hydroxylation is 2. The van der Waals surface area contributed by atoms with Crippen molar-refractivity contribution < 1.29 is 4.52 Å². The second kappa shape index (κ2) is 13.1. The van der Waals surface area contributed by atoms with Gasteiger partial charge in [-0.15, -0.1) is 24.0 Å². The topological polar surface area (TPSA) is 65.7 Å². The SMILES string of the molecule is CCNC(=NCCCc1c(C)noc1C)NC1CCN(Cc2ccccc2)C(C)C1.I. The Morgan fingerprint density at radius 1 is 1.26 bits per heavy atom. The van der Waals surface area contributed by atoms with E-state index in [2.05, 4.69) is 64.9 Å². The summed E-state index contributed by atoms with van der Waals surface area (Å²) in [5, 5.41) is 11.1. The number of aliphatic imine (C=N–C) groups is 1. The largest absolute Gasteiger partial charge is 0.361 e. The normalized spacial score (nSPS) is 19.7. The van der Waals surface area contributed by atoms with Gasteiger partial charge in [0.25, 0.3) is 0 Å². The monoisotopic (exact) mass is 539 g/mol. The van der Waals surface area contributed by atoms with E-state index in [0.717, 1.165) is 69.3 Å². The first-order valence-electron chi connectivity index (χ1n) is 11.3. The number of likely N-dealkylation sites (tertiary alicyclic amines) is 1. The van der Waals surface area contributed by atoms with Gasteiger partial charge >= 0.3 is 0 Å². The highest BCUT2D eigenvalue weighted by atomic mass is 127. The maximum absolute atomic E-state index is 5.25. The van der Waals surface area contributed by atoms with Crippen molar-refractivity contribution in [2.45, 2.75) is 72.0 Å². The number of rotatable bonds is 8. The van der Waals surface area contributed by atoms with Crippen LogP contribution in [0, 0.1) is 13.8 Å². The maximum Gasteiger partial charge on any atom is 0.191 e. The number of halogens is 1. The number of nitrogens with zero attached hydrogens (tertiary/aromatic N) is 3. The van der Waals surface area contributed by atoms with E-state index in [1.807, 2.05) is 13.8 Å². The van der Waals surface area contributed by atoms with Crippen LogP contribution < -0.4 is 10.6 Å². The number of nitrogens with one attached hydrogen (secondary N) is 2. The molecule has 172 valence electrons. The van der Waals surface area contributed by atoms with Gasteiger partial charge in [-0.25, -0.2) is 0 Å². The Hall–Kier alpha value is -1.61. The molecule has 1 aliphatic rings. The Morgan fingerprint density at radius 3 is 2.68 bits per heavy atom. The average molecular weight is 540 g/mol. The predicted octanol–water partition coefficient (Wildman–Crippen LogP) is 4.45. The fourth-order valence-corrected chi connectivity index (χ4v) is 4.22. The van der Waals surface area contributed by atoms with E-state index in [-0.39, 0.29) is 24.0 Å². The Kier molecular flexibility index (Phi) is 10.8. The Morgan fingerprint density at radius 2 is 2.03 bits per heavy atom. The summed E-state index contributed by atoms with van der Waals surface area (Å²) in [5.41, 5.74) is 3.62. The quantitative estimate of drug-likeness (QED) is 0.225. The van der Waals surface area contributed by atoms with Crippen LogP contribution in [0.1, 0.15) is 55.7 Å². The second-order valence-electron chi connectivity index (χ2n) is 8.34. The van der Waals surface area contributed by atoms with Gasteiger partial charge in [0.05, 0.1) is 5.69 Å². The molecule has 2 heterocycles. The first kappa shape index (κ1) is 25.6. The number of hydrogen-bond donors (Lipinski definition) is 2. The van der Waals surface area contributed by atoms with Crippen molar-refractivity contribution in [1.29, 1.82) is 0 Å². The third-order valence-electron chi connectivity index (χ3n) is 5.96. The van der Waals surface area contributed by atoms with E-state index >= 15 is 0 Å². The molecule has 1 aromatic carbocycles. The smallest absolute Gasteiger partial charge is 0.191 e. The lowest BCUT2D eigenvalue weighted by Gasteiger charge is -2.38. The summed E-state index contributed by atoms with van der Waals surface area (Å²) >= 11 is 0. The molecule has 31 heavy (non-hydrogen) atoms. The molecule has 0 spiro atoms. The molecule has 0 saturated carbocycles. The second-order valence-corrected chi connectivity index (χ2v) is 8.34. The van der Waals surface area contributed by atoms with E-state index in [4.69, 9.17) is 9.52 Å². The highest BCUT2D eigenvalue weighted by Gasteiger charge is 2.25. The lowest BCUT2D eigenvalue weighted by Crippen LogP contribution is -2.51. The van der Waals surface area contributed by atoms with Crippen LogP contribution in [0.25, 0.3) is 0 Å². The molecule has 0 amide bonds. The summed E-state index contributed by atoms with van der Waals surface area (Å²) in [4.78, 5) is 7.39. The van der Waals surface area contributed by atoms with E-state index in [1.54, 1.807) is 0 Å². The summed E-state index contributed by atoms with van der Waals surface area (Å²) < 4.78 is 5.25. The third-order valence-corrected chi connectivity index (χ3v) is 5.96. The standard InChI is InChI=1S/C24H37N5O.HI/c1-5-25-24(26-14-9-12-23-19(3)28-30-20(23)4)27-22-13-15-29(18(2)16-22)17-21-10-7-6-8-11-21;/h6-8,10-11,18,22H,5,9,12-17H2,1-4H3,(H2,25,26,27);1H. The Balaban J connectivity index is 0.00000341. The average Bonchev–Trinajstić information content (AvgIpc) is 3.06. The summed E-state index contributed by atoms with van der Waals surface area (Å²) in [7, 11) is 0. The molecular weight excluding hydrogens is 501 g/mol. The van der Waals surface area contributed by atoms with E-state index in [0.29, 0.717) is 12.1 Å². The molecule has 0 aliphatic carbocycles. The Bertz CT molecular complexity index is 788. The molecule has 1 saturated heterocycles. The van der Waals surface area contributed by atoms with Crippen LogP contribution in [0.2, 0.25) is 0 Å². The summed E-state index contributed by atoms with van der Waals surface area (Å²) in [6.45, 7) is 12.3. The van der Waals surface area contributed by atoms with Gasteiger partial charge in [0.1, 0.15) is 5.76 Å². The summed E-state index contributed by atoms with van der Waals surface area (Å²) in [5.74, 6) is 1.86. The van der Waals surface area contributed by atoms with Gasteiger partial charge in [-0.3, -0.25) is 9.89 Å². The number of guanidine groups is 1. The fourth-order valence-electron chi connectivity index (χ4n) is 4.22. The first-order valence-corrected chi connectivity index (χ1v) is 11.3. The molecule has 1 aliphatic heterocycles. The van der Waals surface area contributed by atoms with Gasteiger partial charge in [-0.2, -0.15) is 0 Å². The zero-order valence-corrected chi connectivity index (χ0v) is 21.7. The minimum atomic E-state index is 0. The van der Waals surface area contributed by atoms with E-state index in [9.17, 15) is 0 Å². The van der Waals surface area contributed by atoms with Gasteiger partial charge < -0.3 is 15.2 Å². The Labute approximate surface area is 204 Å². The third kappa shape index (κ3) is 7.79. The predicted molar refractivity (Wildman–Crippen MR) is 138 cm³/mol. The van der Waals surface area contributed by atoms with Crippen molar-refractivity contribution in [3.8, 4) is 0 Å². The highest BCUT2D eigenvalue weighted by molar-refractivity contribution is 14.0. The van der Waals surface area contributed by atoms with Crippen LogP contribution in [0.15, 0.2) is 39.8 Å². The van der Waals surface area contributed by atoms with Gasteiger partial charge in [0.15, 0.2) is 5.96 Å². The molecule has 1 aromatic heterocycles. The molecule has 7 heteroatoms. The minimum Gasteiger partial charge on any atom is -0.361 e. The number of hydrogen-bond acceptors (Lipinski definition) is 4. The van der Waals surface area contributed by atoms with Crippen LogP contribution in [0.5, 0.6) is 0 Å². The molecule has 2 atom stereocenters. The lowest BCUT2D eigenvalue weighted by atomic mass is 9.97. The van der Waals surface area contributed by atoms with Gasteiger partial charge in [-0.05, 0) is 58.9 Å². The van der Waals surface area contributed by atoms with Gasteiger partial charge in [-0.1, -0.05) is 35.5 Å². The lowest BCUT2D eigenvalue weighted by molar-refractivity contribution is 0.134. The van der Waals surface area contributed by atoms with E-state index < -0.39 is 0 Å². The molecule has 2 aromatic rings. The van der Waals surface area contributed by atoms with Crippen molar-refractivity contribution in [2.24, 2.45) is 4.99 Å². The summed E-state index contributed by atoms with van der Waals surface area (Å²) in [6, 6.07) is 11.8. The minimum absolute atomic E-state index is 0. The van der Waals surface area contributed by atoms with Crippen LogP contribution in [-0.4, -0.2) is 47.7 Å². The zero-order chi connectivity index (χ0) is 21.3. The number of aromatic nitrogens is 1. The van der Waals surface area contributed by atoms with Crippen LogP contribution in [0.4, 0.5) is 0 Å². The molecule has 1 fully saturated rings. The number of piperidine rings is 1. The van der Waals surface area contributed by atoms with Crippen molar-refractivity contribution in [3.63, 3.8) is 0 Å². The van der Waals surface area contributed by atoms with E-state index in [1.165, 1.54) is 11.1 Å². The van der Waals surface area contributed by atoms with Crippen molar-refractivity contribution in [1.82, 2.24) is 20.7 Å². The van der Waals surface area contributed by atoms with Crippen LogP contribution in [-0.2, 0) is 13.0 Å². The molecular formula is C24H38IN5O. The molecule has 2 N–H and O–H groups in total. The maximum atomic E-state index is 5.25. The van der Waals surface area contributed by atoms with Crippen molar-refractivity contribution in [3.05, 3.63) is 52.9 Å². The molecule has 0 radical (unpaired) electrons. The summed E-state index contributed by atoms with van der Waals surface area (Å²) in [6.07, 6.45) is 4.22. The van der Waals surface area contributed by atoms with Gasteiger partial charge in [0, 0.05) is 43.8 Å². The highest BCUT2D eigenvalue weighted by Crippen LogP contribution is 2.20. The van der Waals surface area contributed by atoms with Crippen molar-refractivity contribution >= 4 is 29.9 Å². The fraction of sp³-hybridized carbons (Fsp3) is 0.583. The number of benzene rings is 1. The molecule has 0 bridgehead atoms. The molecule has 3 rings (SSSR count). The molecule has 6 nitrogen and oxygen atoms in total. The van der Waals surface area contributed by atoms with Gasteiger partial charge in [0.2, 0.25) is 0 Å². The first-order chi connectivity index (χ1) is 14.6. The zero-order valence-electron chi connectivity index (χ0n) is 19.4. The van der Waals surface area contributed by atoms with Crippen LogP contribution in [0.3, 0.4) is 0 Å². The van der Waals surface area contributed by atoms with Crippen LogP contribution >= 0.6 is 24.0 Å².